The molecule has 2 N–H and O–H groups in total. The highest BCUT2D eigenvalue weighted by Gasteiger charge is 2.20. The Balaban J connectivity index is 0.00000172. The van der Waals surface area contributed by atoms with Gasteiger partial charge in [0, 0.05) is 37.5 Å². The summed E-state index contributed by atoms with van der Waals surface area (Å²) < 4.78 is 7.04. The lowest BCUT2D eigenvalue weighted by atomic mass is 10.0. The van der Waals surface area contributed by atoms with Crippen LogP contribution >= 0.6 is 46.6 Å². The molecule has 0 aliphatic carbocycles. The number of rotatable bonds is 6. The van der Waals surface area contributed by atoms with Crippen LogP contribution in [-0.4, -0.2) is 17.6 Å². The molecule has 0 saturated heterocycles. The summed E-state index contributed by atoms with van der Waals surface area (Å²) in [5.74, 6) is -0.425. The third-order valence-corrected chi connectivity index (χ3v) is 8.01. The number of esters is 1. The SMILES string of the molecule is CC.COC(=O)c1cc2c(Sc3ccc(Cl)cc3Cl)cc(Cl)cc2n1Cc1ccc(-c2ccc(N)cc2)cc1. The van der Waals surface area contributed by atoms with Crippen LogP contribution in [0.1, 0.15) is 29.9 Å². The molecule has 0 aliphatic rings. The predicted octanol–water partition coefficient (Wildman–Crippen LogP) is 9.86. The molecule has 0 bridgehead atoms. The van der Waals surface area contributed by atoms with Crippen molar-refractivity contribution < 1.29 is 9.53 Å². The zero-order valence-electron chi connectivity index (χ0n) is 21.7. The lowest BCUT2D eigenvalue weighted by Gasteiger charge is -2.12. The molecule has 4 nitrogen and oxygen atoms in total. The number of methoxy groups -OCH3 is 1. The van der Waals surface area contributed by atoms with E-state index in [2.05, 4.69) is 12.1 Å². The lowest BCUT2D eigenvalue weighted by Crippen LogP contribution is -2.11. The second kappa shape index (κ2) is 12.8. The largest absolute Gasteiger partial charge is 0.464 e. The average molecular weight is 598 g/mol. The number of carbonyl (C=O) groups excluding carboxylic acids is 1. The number of nitrogens with two attached hydrogens (primary N) is 1. The summed E-state index contributed by atoms with van der Waals surface area (Å²) in [7, 11) is 1.38. The molecule has 0 fully saturated rings. The number of halogens is 3. The monoisotopic (exact) mass is 596 g/mol. The fraction of sp³-hybridized carbons (Fsp3) is 0.129. The molecule has 1 aromatic heterocycles. The van der Waals surface area contributed by atoms with Gasteiger partial charge in [-0.3, -0.25) is 0 Å². The second-order valence-electron chi connectivity index (χ2n) is 8.44. The number of nitrogen functional groups attached to an aromatic ring is 1. The fourth-order valence-electron chi connectivity index (χ4n) is 4.16. The van der Waals surface area contributed by atoms with Crippen LogP contribution in [0, 0.1) is 0 Å². The molecule has 39 heavy (non-hydrogen) atoms. The van der Waals surface area contributed by atoms with E-state index < -0.39 is 5.97 Å². The normalized spacial score (nSPS) is 10.7. The van der Waals surface area contributed by atoms with Crippen LogP contribution in [0.15, 0.2) is 94.7 Å². The van der Waals surface area contributed by atoms with Crippen LogP contribution in [0.25, 0.3) is 22.0 Å². The van der Waals surface area contributed by atoms with E-state index in [1.807, 2.05) is 79.1 Å². The average Bonchev–Trinajstić information content (AvgIpc) is 3.30. The van der Waals surface area contributed by atoms with Crippen LogP contribution in [0.2, 0.25) is 15.1 Å². The lowest BCUT2D eigenvalue weighted by molar-refractivity contribution is 0.0589. The highest BCUT2D eigenvalue weighted by molar-refractivity contribution is 7.99. The fourth-order valence-corrected chi connectivity index (χ4v) is 5.95. The Bertz CT molecular complexity index is 1610. The second-order valence-corrected chi connectivity index (χ2v) is 10.8. The van der Waals surface area contributed by atoms with Gasteiger partial charge < -0.3 is 15.0 Å². The van der Waals surface area contributed by atoms with Crippen molar-refractivity contribution in [2.75, 3.05) is 12.8 Å². The van der Waals surface area contributed by atoms with Gasteiger partial charge in [0.05, 0.1) is 17.6 Å². The smallest absolute Gasteiger partial charge is 0.354 e. The van der Waals surface area contributed by atoms with E-state index in [1.54, 1.807) is 12.1 Å². The van der Waals surface area contributed by atoms with E-state index in [0.29, 0.717) is 27.3 Å². The Labute approximate surface area is 247 Å². The molecule has 4 aromatic carbocycles. The molecule has 0 saturated carbocycles. The van der Waals surface area contributed by atoms with Gasteiger partial charge in [0.25, 0.3) is 0 Å². The minimum Gasteiger partial charge on any atom is -0.464 e. The number of hydrogen-bond donors (Lipinski definition) is 1. The van der Waals surface area contributed by atoms with Crippen molar-refractivity contribution in [3.63, 3.8) is 0 Å². The number of ether oxygens (including phenoxy) is 1. The number of carbonyl (C=O) groups is 1. The van der Waals surface area contributed by atoms with Crippen LogP contribution in [-0.2, 0) is 11.3 Å². The number of benzene rings is 4. The van der Waals surface area contributed by atoms with Crippen molar-refractivity contribution in [1.82, 2.24) is 4.57 Å². The standard InChI is InChI=1S/C29H21Cl3N2O2S.C2H6/c1-36-29(35)26-15-23-25(13-21(31)14-28(23)37-27-11-8-20(30)12-24(27)32)34(26)16-17-2-4-18(5-3-17)19-6-9-22(33)10-7-19;1-2/h2-15H,16,33H2,1H3;1-2H3. The van der Waals surface area contributed by atoms with Crippen LogP contribution in [0.5, 0.6) is 0 Å². The molecule has 1 heterocycles. The molecule has 0 spiro atoms. The Kier molecular flexibility index (Phi) is 9.52. The minimum absolute atomic E-state index is 0.425. The van der Waals surface area contributed by atoms with E-state index in [1.165, 1.54) is 18.9 Å². The first-order valence-electron chi connectivity index (χ1n) is 12.3. The van der Waals surface area contributed by atoms with Gasteiger partial charge in [0.2, 0.25) is 0 Å². The summed E-state index contributed by atoms with van der Waals surface area (Å²) in [6.45, 7) is 4.46. The first kappa shape index (κ1) is 28.9. The number of nitrogens with zero attached hydrogens (tertiary/aromatic N) is 1. The number of fused-ring (bicyclic) bond motifs is 1. The molecule has 0 unspecified atom stereocenters. The summed E-state index contributed by atoms with van der Waals surface area (Å²) in [6, 6.07) is 26.9. The quantitative estimate of drug-likeness (QED) is 0.156. The number of anilines is 1. The van der Waals surface area contributed by atoms with Crippen molar-refractivity contribution in [1.29, 1.82) is 0 Å². The Hall–Kier alpha value is -3.09. The minimum atomic E-state index is -0.425. The van der Waals surface area contributed by atoms with Gasteiger partial charge in [-0.1, -0.05) is 96.8 Å². The van der Waals surface area contributed by atoms with Crippen LogP contribution in [0.4, 0.5) is 5.69 Å². The summed E-state index contributed by atoms with van der Waals surface area (Å²) in [5, 5.41) is 2.53. The van der Waals surface area contributed by atoms with Gasteiger partial charge in [0.15, 0.2) is 0 Å². The van der Waals surface area contributed by atoms with Crippen molar-refractivity contribution in [2.45, 2.75) is 30.2 Å². The molecule has 0 amide bonds. The molecule has 8 heteroatoms. The predicted molar refractivity (Wildman–Crippen MR) is 166 cm³/mol. The third-order valence-electron chi connectivity index (χ3n) is 5.99. The molecular weight excluding hydrogens is 571 g/mol. The van der Waals surface area contributed by atoms with Gasteiger partial charge >= 0.3 is 5.97 Å². The van der Waals surface area contributed by atoms with Crippen molar-refractivity contribution >= 4 is 69.1 Å². The van der Waals surface area contributed by atoms with Crippen molar-refractivity contribution in [3.05, 3.63) is 111 Å². The molecule has 5 rings (SSSR count). The van der Waals surface area contributed by atoms with Crippen LogP contribution < -0.4 is 5.73 Å². The molecule has 5 aromatic rings. The maximum Gasteiger partial charge on any atom is 0.354 e. The van der Waals surface area contributed by atoms with Crippen LogP contribution in [0.3, 0.4) is 0 Å². The highest BCUT2D eigenvalue weighted by Crippen LogP contribution is 2.41. The van der Waals surface area contributed by atoms with E-state index in [4.69, 9.17) is 45.3 Å². The summed E-state index contributed by atoms with van der Waals surface area (Å²) >= 11 is 20.5. The van der Waals surface area contributed by atoms with Gasteiger partial charge in [-0.15, -0.1) is 0 Å². The first-order chi connectivity index (χ1) is 18.8. The molecule has 0 aliphatic heterocycles. The van der Waals surface area contributed by atoms with E-state index in [-0.39, 0.29) is 0 Å². The van der Waals surface area contributed by atoms with Gasteiger partial charge in [-0.25, -0.2) is 4.79 Å². The zero-order valence-corrected chi connectivity index (χ0v) is 24.8. The Morgan fingerprint density at radius 2 is 1.46 bits per heavy atom. The topological polar surface area (TPSA) is 57.2 Å². The van der Waals surface area contributed by atoms with Gasteiger partial charge in [-0.2, -0.15) is 0 Å². The Morgan fingerprint density at radius 1 is 0.821 bits per heavy atom. The summed E-state index contributed by atoms with van der Waals surface area (Å²) in [6.07, 6.45) is 0. The maximum absolute atomic E-state index is 12.8. The highest BCUT2D eigenvalue weighted by atomic mass is 35.5. The number of aromatic nitrogens is 1. The maximum atomic E-state index is 12.8. The van der Waals surface area contributed by atoms with E-state index in [0.717, 1.165) is 43.1 Å². The van der Waals surface area contributed by atoms with E-state index >= 15 is 0 Å². The van der Waals surface area contributed by atoms with E-state index in [9.17, 15) is 4.79 Å². The van der Waals surface area contributed by atoms with Crippen molar-refractivity contribution in [3.8, 4) is 11.1 Å². The van der Waals surface area contributed by atoms with Gasteiger partial charge in [0.1, 0.15) is 5.69 Å². The Morgan fingerprint density at radius 3 is 2.08 bits per heavy atom. The number of hydrogen-bond acceptors (Lipinski definition) is 4. The first-order valence-corrected chi connectivity index (χ1v) is 14.3. The summed E-state index contributed by atoms with van der Waals surface area (Å²) in [5.41, 5.74) is 11.0. The zero-order chi connectivity index (χ0) is 28.1. The molecular formula is C31H27Cl3N2O2S. The van der Waals surface area contributed by atoms with Gasteiger partial charge in [-0.05, 0) is 65.2 Å². The summed E-state index contributed by atoms with van der Waals surface area (Å²) in [4.78, 5) is 14.5. The molecule has 0 radical (unpaired) electrons. The molecule has 200 valence electrons. The third kappa shape index (κ3) is 6.56. The molecule has 0 atom stereocenters. The van der Waals surface area contributed by atoms with Crippen molar-refractivity contribution in [2.24, 2.45) is 0 Å².